The summed E-state index contributed by atoms with van der Waals surface area (Å²) in [7, 11) is 0. The fraction of sp³-hybridized carbons (Fsp3) is 0.647. The van der Waals surface area contributed by atoms with E-state index in [1.165, 1.54) is 4.90 Å². The molecule has 0 radical (unpaired) electrons. The molecule has 1 saturated heterocycles. The SMILES string of the molecule is C[C@@H]1C[NH+](C[C@H](O)COCCOc2ccc(Br)cc2)C[C@H](C)O1. The van der Waals surface area contributed by atoms with Gasteiger partial charge in [-0.2, -0.15) is 0 Å². The molecule has 1 aromatic rings. The molecule has 5 nitrogen and oxygen atoms in total. The smallest absolute Gasteiger partial charge is 0.126 e. The summed E-state index contributed by atoms with van der Waals surface area (Å²) in [5, 5.41) is 10.1. The first kappa shape index (κ1) is 18.7. The molecule has 1 fully saturated rings. The molecule has 130 valence electrons. The third-order valence-corrected chi connectivity index (χ3v) is 4.29. The number of nitrogens with one attached hydrogen (secondary N) is 1. The van der Waals surface area contributed by atoms with Crippen molar-refractivity contribution in [3.8, 4) is 5.75 Å². The first-order valence-electron chi connectivity index (χ1n) is 8.16. The van der Waals surface area contributed by atoms with Gasteiger partial charge in [-0.15, -0.1) is 0 Å². The maximum absolute atomic E-state index is 10.1. The molecular formula is C17H27BrNO4+. The molecule has 4 atom stereocenters. The first-order valence-corrected chi connectivity index (χ1v) is 8.95. The zero-order chi connectivity index (χ0) is 16.7. The highest BCUT2D eigenvalue weighted by molar-refractivity contribution is 9.10. The third-order valence-electron chi connectivity index (χ3n) is 3.76. The Morgan fingerprint density at radius 2 is 1.87 bits per heavy atom. The highest BCUT2D eigenvalue weighted by Crippen LogP contribution is 2.15. The summed E-state index contributed by atoms with van der Waals surface area (Å²) in [5.74, 6) is 0.818. The minimum absolute atomic E-state index is 0.251. The van der Waals surface area contributed by atoms with Crippen molar-refractivity contribution in [1.82, 2.24) is 0 Å². The Labute approximate surface area is 146 Å². The van der Waals surface area contributed by atoms with Crippen LogP contribution in [0.5, 0.6) is 5.75 Å². The molecule has 6 heteroatoms. The van der Waals surface area contributed by atoms with Crippen molar-refractivity contribution in [3.63, 3.8) is 0 Å². The van der Waals surface area contributed by atoms with Crippen LogP contribution < -0.4 is 9.64 Å². The molecule has 1 aliphatic rings. The van der Waals surface area contributed by atoms with Crippen molar-refractivity contribution in [3.05, 3.63) is 28.7 Å². The van der Waals surface area contributed by atoms with Gasteiger partial charge in [0.15, 0.2) is 0 Å². The lowest BCUT2D eigenvalue weighted by Gasteiger charge is -2.33. The van der Waals surface area contributed by atoms with E-state index in [1.54, 1.807) is 0 Å². The zero-order valence-electron chi connectivity index (χ0n) is 13.8. The molecule has 0 spiro atoms. The van der Waals surface area contributed by atoms with Crippen LogP contribution in [-0.4, -0.2) is 62.9 Å². The van der Waals surface area contributed by atoms with Crippen molar-refractivity contribution < 1.29 is 24.2 Å². The van der Waals surface area contributed by atoms with Crippen molar-refractivity contribution in [2.24, 2.45) is 0 Å². The normalized spacial score (nSPS) is 26.0. The van der Waals surface area contributed by atoms with Crippen LogP contribution in [0.1, 0.15) is 13.8 Å². The number of hydrogen-bond donors (Lipinski definition) is 2. The zero-order valence-corrected chi connectivity index (χ0v) is 15.4. The molecule has 0 amide bonds. The van der Waals surface area contributed by atoms with Gasteiger partial charge in [-0.05, 0) is 38.1 Å². The molecule has 1 unspecified atom stereocenters. The van der Waals surface area contributed by atoms with Crippen LogP contribution in [0, 0.1) is 0 Å². The topological polar surface area (TPSA) is 52.4 Å². The van der Waals surface area contributed by atoms with Crippen LogP contribution in [0.4, 0.5) is 0 Å². The van der Waals surface area contributed by atoms with Crippen LogP contribution in [0.3, 0.4) is 0 Å². The lowest BCUT2D eigenvalue weighted by Crippen LogP contribution is -3.16. The molecular weight excluding hydrogens is 362 g/mol. The van der Waals surface area contributed by atoms with E-state index >= 15 is 0 Å². The van der Waals surface area contributed by atoms with E-state index in [-0.39, 0.29) is 12.2 Å². The maximum Gasteiger partial charge on any atom is 0.126 e. The Morgan fingerprint density at radius 3 is 2.52 bits per heavy atom. The van der Waals surface area contributed by atoms with Gasteiger partial charge < -0.3 is 24.2 Å². The van der Waals surface area contributed by atoms with E-state index in [4.69, 9.17) is 14.2 Å². The highest BCUT2D eigenvalue weighted by Gasteiger charge is 2.27. The Bertz CT molecular complexity index is 446. The van der Waals surface area contributed by atoms with Crippen molar-refractivity contribution >= 4 is 15.9 Å². The lowest BCUT2D eigenvalue weighted by atomic mass is 10.2. The van der Waals surface area contributed by atoms with E-state index in [2.05, 4.69) is 29.8 Å². The number of ether oxygens (including phenoxy) is 3. The Morgan fingerprint density at radius 1 is 1.22 bits per heavy atom. The van der Waals surface area contributed by atoms with Crippen molar-refractivity contribution in [1.29, 1.82) is 0 Å². The minimum Gasteiger partial charge on any atom is -0.491 e. The van der Waals surface area contributed by atoms with Gasteiger partial charge in [-0.1, -0.05) is 15.9 Å². The summed E-state index contributed by atoms with van der Waals surface area (Å²) in [6, 6.07) is 7.69. The highest BCUT2D eigenvalue weighted by atomic mass is 79.9. The van der Waals surface area contributed by atoms with E-state index < -0.39 is 6.10 Å². The lowest BCUT2D eigenvalue weighted by molar-refractivity contribution is -0.918. The van der Waals surface area contributed by atoms with Gasteiger partial charge in [0, 0.05) is 4.47 Å². The molecule has 1 aliphatic heterocycles. The van der Waals surface area contributed by atoms with E-state index in [0.717, 1.165) is 23.3 Å². The summed E-state index contributed by atoms with van der Waals surface area (Å²) < 4.78 is 17.8. The fourth-order valence-corrected chi connectivity index (χ4v) is 3.18. The molecule has 1 aromatic carbocycles. The Balaban J connectivity index is 1.56. The monoisotopic (exact) mass is 388 g/mol. The van der Waals surface area contributed by atoms with Crippen LogP contribution in [0.2, 0.25) is 0 Å². The third kappa shape index (κ3) is 7.18. The molecule has 0 aromatic heterocycles. The van der Waals surface area contributed by atoms with E-state index in [1.807, 2.05) is 24.3 Å². The maximum atomic E-state index is 10.1. The second-order valence-electron chi connectivity index (χ2n) is 6.15. The van der Waals surface area contributed by atoms with E-state index in [0.29, 0.717) is 26.4 Å². The number of quaternary nitrogens is 1. The second-order valence-corrected chi connectivity index (χ2v) is 7.07. The summed E-state index contributed by atoms with van der Waals surface area (Å²) in [6.45, 7) is 8.03. The van der Waals surface area contributed by atoms with Crippen LogP contribution in [0.15, 0.2) is 28.7 Å². The second kappa shape index (κ2) is 9.59. The van der Waals surface area contributed by atoms with Gasteiger partial charge in [-0.3, -0.25) is 0 Å². The van der Waals surface area contributed by atoms with Crippen molar-refractivity contribution in [2.45, 2.75) is 32.2 Å². The molecule has 2 N–H and O–H groups in total. The Kier molecular flexibility index (Phi) is 7.79. The Hall–Kier alpha value is -0.660. The predicted molar refractivity (Wildman–Crippen MR) is 92.0 cm³/mol. The van der Waals surface area contributed by atoms with Gasteiger partial charge >= 0.3 is 0 Å². The number of morpholine rings is 1. The number of hydrogen-bond acceptors (Lipinski definition) is 4. The minimum atomic E-state index is -0.449. The molecule has 23 heavy (non-hydrogen) atoms. The quantitative estimate of drug-likeness (QED) is 0.649. The molecule has 1 heterocycles. The fourth-order valence-electron chi connectivity index (χ4n) is 2.92. The molecule has 0 aliphatic carbocycles. The van der Waals surface area contributed by atoms with Gasteiger partial charge in [0.05, 0.1) is 13.2 Å². The number of aliphatic hydroxyl groups is 1. The number of rotatable bonds is 8. The summed E-state index contributed by atoms with van der Waals surface area (Å²) in [4.78, 5) is 1.37. The average Bonchev–Trinajstić information content (AvgIpc) is 2.47. The number of halogens is 1. The van der Waals surface area contributed by atoms with Gasteiger partial charge in [0.25, 0.3) is 0 Å². The average molecular weight is 389 g/mol. The first-order chi connectivity index (χ1) is 11.0. The van der Waals surface area contributed by atoms with E-state index in [9.17, 15) is 5.11 Å². The van der Waals surface area contributed by atoms with Crippen LogP contribution in [0.25, 0.3) is 0 Å². The summed E-state index contributed by atoms with van der Waals surface area (Å²) in [5.41, 5.74) is 0. The molecule has 2 rings (SSSR count). The predicted octanol–water partition coefficient (Wildman–Crippen LogP) is 0.898. The van der Waals surface area contributed by atoms with Crippen LogP contribution in [-0.2, 0) is 9.47 Å². The molecule has 0 bridgehead atoms. The van der Waals surface area contributed by atoms with Crippen molar-refractivity contribution in [2.75, 3.05) is 39.5 Å². The number of aliphatic hydroxyl groups excluding tert-OH is 1. The van der Waals surface area contributed by atoms with Gasteiger partial charge in [0.1, 0.15) is 50.3 Å². The van der Waals surface area contributed by atoms with Gasteiger partial charge in [-0.25, -0.2) is 0 Å². The van der Waals surface area contributed by atoms with Crippen LogP contribution >= 0.6 is 15.9 Å². The standard InChI is InChI=1S/C17H26BrNO4/c1-13-9-19(10-14(2)23-13)11-16(20)12-21-7-8-22-17-5-3-15(18)4-6-17/h3-6,13-14,16,20H,7-12H2,1-2H3/p+1/t13-,14+,16-/m0/s1. The van der Waals surface area contributed by atoms with Gasteiger partial charge in [0.2, 0.25) is 0 Å². The summed E-state index contributed by atoms with van der Waals surface area (Å²) in [6.07, 6.45) is 0.0533. The molecule has 0 saturated carbocycles. The summed E-state index contributed by atoms with van der Waals surface area (Å²) >= 11 is 3.38. The largest absolute Gasteiger partial charge is 0.491 e. The number of benzene rings is 1.